The van der Waals surface area contributed by atoms with Gasteiger partial charge in [0.05, 0.1) is 12.2 Å². The fourth-order valence-electron chi connectivity index (χ4n) is 10.1. The lowest BCUT2D eigenvalue weighted by molar-refractivity contribution is -0.239. The Hall–Kier alpha value is -0.160. The van der Waals surface area contributed by atoms with E-state index in [1.54, 1.807) is 0 Å². The summed E-state index contributed by atoms with van der Waals surface area (Å²) in [6, 6.07) is 0. The fraction of sp³-hybridized carbons (Fsp3) is 1.00. The minimum absolute atomic E-state index is 0.0608. The Bertz CT molecular complexity index is 697. The van der Waals surface area contributed by atoms with Crippen LogP contribution in [0.2, 0.25) is 0 Å². The van der Waals surface area contributed by atoms with Gasteiger partial charge < -0.3 is 19.7 Å². The van der Waals surface area contributed by atoms with E-state index in [0.29, 0.717) is 34.7 Å². The summed E-state index contributed by atoms with van der Waals surface area (Å²) in [5.41, 5.74) is 0.788. The van der Waals surface area contributed by atoms with Gasteiger partial charge in [0.15, 0.2) is 5.79 Å². The Kier molecular flexibility index (Phi) is 6.05. The Morgan fingerprint density at radius 1 is 1.03 bits per heavy atom. The third kappa shape index (κ3) is 3.29. The zero-order valence-corrected chi connectivity index (χ0v) is 21.2. The van der Waals surface area contributed by atoms with E-state index < -0.39 is 5.79 Å². The minimum atomic E-state index is -0.479. The molecule has 12 atom stereocenters. The highest BCUT2D eigenvalue weighted by Gasteiger charge is 2.68. The van der Waals surface area contributed by atoms with Gasteiger partial charge in [-0.3, -0.25) is 0 Å². The second kappa shape index (κ2) is 8.21. The maximum atomic E-state index is 10.3. The summed E-state index contributed by atoms with van der Waals surface area (Å²) in [4.78, 5) is 0. The first-order chi connectivity index (χ1) is 15.2. The summed E-state index contributed by atoms with van der Waals surface area (Å²) < 4.78 is 13.0. The molecule has 1 saturated heterocycles. The second-order valence-electron chi connectivity index (χ2n) is 13.2. The zero-order chi connectivity index (χ0) is 22.9. The standard InChI is InChI=1S/C28H48O4/c1-17(16-29)8-13-28(31-5)18(2)25-24(32-28)15-23-21-7-6-19-14-20(30)9-11-26(19,3)22(21)10-12-27(23,25)4/h17-25,29-30H,6-16H2,1-5H3/t17?,18-,19?,20?,21+,22-,23-,24-,25-,26-,27-,28+/m0/s1. The largest absolute Gasteiger partial charge is 0.396 e. The molecule has 2 N–H and O–H groups in total. The van der Waals surface area contributed by atoms with Crippen LogP contribution < -0.4 is 0 Å². The summed E-state index contributed by atoms with van der Waals surface area (Å²) in [6.07, 6.45) is 11.9. The normalized spacial score (nSPS) is 55.6. The van der Waals surface area contributed by atoms with Crippen molar-refractivity contribution in [2.24, 2.45) is 52.3 Å². The van der Waals surface area contributed by atoms with Crippen molar-refractivity contribution in [2.75, 3.05) is 13.7 Å². The molecule has 0 spiro atoms. The van der Waals surface area contributed by atoms with Gasteiger partial charge in [-0.1, -0.05) is 27.7 Å². The maximum Gasteiger partial charge on any atom is 0.171 e. The molecule has 3 unspecified atom stereocenters. The molecular weight excluding hydrogens is 400 g/mol. The molecule has 0 aromatic carbocycles. The predicted molar refractivity (Wildman–Crippen MR) is 126 cm³/mol. The Labute approximate surface area is 195 Å². The highest BCUT2D eigenvalue weighted by molar-refractivity contribution is 5.15. The first kappa shape index (κ1) is 23.6. The van der Waals surface area contributed by atoms with E-state index in [1.165, 1.54) is 38.5 Å². The van der Waals surface area contributed by atoms with E-state index in [2.05, 4.69) is 27.7 Å². The average Bonchev–Trinajstić information content (AvgIpc) is 3.23. The fourth-order valence-corrected chi connectivity index (χ4v) is 10.1. The monoisotopic (exact) mass is 448 g/mol. The van der Waals surface area contributed by atoms with Crippen molar-refractivity contribution in [1.29, 1.82) is 0 Å². The molecular formula is C28H48O4. The molecule has 0 bridgehead atoms. The third-order valence-corrected chi connectivity index (χ3v) is 12.0. The quantitative estimate of drug-likeness (QED) is 0.591. The van der Waals surface area contributed by atoms with Gasteiger partial charge >= 0.3 is 0 Å². The molecule has 5 fully saturated rings. The van der Waals surface area contributed by atoms with Gasteiger partial charge in [-0.25, -0.2) is 0 Å². The van der Waals surface area contributed by atoms with Gasteiger partial charge in [0.1, 0.15) is 0 Å². The molecule has 1 aliphatic heterocycles. The van der Waals surface area contributed by atoms with Crippen LogP contribution in [0.1, 0.15) is 91.9 Å². The molecule has 1 heterocycles. The van der Waals surface area contributed by atoms with E-state index in [1.807, 2.05) is 7.11 Å². The number of ether oxygens (including phenoxy) is 2. The number of rotatable bonds is 5. The lowest BCUT2D eigenvalue weighted by Crippen LogP contribution is -2.54. The van der Waals surface area contributed by atoms with E-state index in [4.69, 9.17) is 9.47 Å². The molecule has 184 valence electrons. The molecule has 0 amide bonds. The molecule has 4 saturated carbocycles. The Balaban J connectivity index is 1.36. The summed E-state index contributed by atoms with van der Waals surface area (Å²) in [7, 11) is 1.83. The predicted octanol–water partition coefficient (Wildman–Crippen LogP) is 5.40. The maximum absolute atomic E-state index is 10.3. The van der Waals surface area contributed by atoms with Crippen LogP contribution in [0.3, 0.4) is 0 Å². The van der Waals surface area contributed by atoms with Crippen LogP contribution in [0.4, 0.5) is 0 Å². The molecule has 4 aliphatic carbocycles. The number of hydrogen-bond donors (Lipinski definition) is 2. The Morgan fingerprint density at radius 3 is 2.50 bits per heavy atom. The molecule has 32 heavy (non-hydrogen) atoms. The molecule has 0 radical (unpaired) electrons. The van der Waals surface area contributed by atoms with E-state index in [0.717, 1.165) is 49.4 Å². The van der Waals surface area contributed by atoms with Crippen molar-refractivity contribution in [3.05, 3.63) is 0 Å². The minimum Gasteiger partial charge on any atom is -0.396 e. The van der Waals surface area contributed by atoms with E-state index in [-0.39, 0.29) is 12.7 Å². The van der Waals surface area contributed by atoms with Crippen molar-refractivity contribution in [3.8, 4) is 0 Å². The van der Waals surface area contributed by atoms with Gasteiger partial charge in [-0.2, -0.15) is 0 Å². The lowest BCUT2D eigenvalue weighted by atomic mass is 9.44. The second-order valence-corrected chi connectivity index (χ2v) is 13.2. The molecule has 0 aromatic rings. The lowest BCUT2D eigenvalue weighted by Gasteiger charge is -2.61. The van der Waals surface area contributed by atoms with Gasteiger partial charge in [0.2, 0.25) is 0 Å². The van der Waals surface area contributed by atoms with Crippen molar-refractivity contribution < 1.29 is 19.7 Å². The number of hydrogen-bond acceptors (Lipinski definition) is 4. The number of aliphatic hydroxyl groups excluding tert-OH is 2. The summed E-state index contributed by atoms with van der Waals surface area (Å²) >= 11 is 0. The number of aliphatic hydroxyl groups is 2. The van der Waals surface area contributed by atoms with Crippen LogP contribution in [0.5, 0.6) is 0 Å². The van der Waals surface area contributed by atoms with Gasteiger partial charge in [-0.05, 0) is 104 Å². The highest BCUT2D eigenvalue weighted by atomic mass is 16.7. The summed E-state index contributed by atoms with van der Waals surface area (Å²) in [5, 5.41) is 19.8. The SMILES string of the molecule is CO[C@]1(CCC(C)CO)O[C@H]2C[C@H]3[C@@H]4CCC5CC(O)CC[C@]5(C)[C@H]4CC[C@]3(C)[C@H]2[C@@H]1C. The molecule has 0 aromatic heterocycles. The molecule has 5 rings (SSSR count). The summed E-state index contributed by atoms with van der Waals surface area (Å²) in [6.45, 7) is 9.91. The first-order valence-corrected chi connectivity index (χ1v) is 13.7. The van der Waals surface area contributed by atoms with Gasteiger partial charge in [0.25, 0.3) is 0 Å². The van der Waals surface area contributed by atoms with Crippen LogP contribution in [-0.4, -0.2) is 41.9 Å². The smallest absolute Gasteiger partial charge is 0.171 e. The van der Waals surface area contributed by atoms with Gasteiger partial charge in [0, 0.05) is 26.1 Å². The zero-order valence-electron chi connectivity index (χ0n) is 21.2. The topological polar surface area (TPSA) is 58.9 Å². The summed E-state index contributed by atoms with van der Waals surface area (Å²) in [5.74, 6) is 3.95. The van der Waals surface area contributed by atoms with Crippen molar-refractivity contribution in [2.45, 2.75) is 110 Å². The first-order valence-electron chi connectivity index (χ1n) is 13.7. The molecule has 4 heteroatoms. The number of methoxy groups -OCH3 is 1. The van der Waals surface area contributed by atoms with Gasteiger partial charge in [-0.15, -0.1) is 0 Å². The molecule has 5 aliphatic rings. The third-order valence-electron chi connectivity index (χ3n) is 12.0. The van der Waals surface area contributed by atoms with Crippen LogP contribution in [0.15, 0.2) is 0 Å². The van der Waals surface area contributed by atoms with Crippen LogP contribution in [0.25, 0.3) is 0 Å². The highest BCUT2D eigenvalue weighted by Crippen LogP contribution is 2.71. The van der Waals surface area contributed by atoms with Crippen LogP contribution in [0, 0.1) is 52.3 Å². The van der Waals surface area contributed by atoms with E-state index in [9.17, 15) is 10.2 Å². The van der Waals surface area contributed by atoms with Crippen LogP contribution in [-0.2, 0) is 9.47 Å². The van der Waals surface area contributed by atoms with Crippen molar-refractivity contribution >= 4 is 0 Å². The van der Waals surface area contributed by atoms with E-state index >= 15 is 0 Å². The Morgan fingerprint density at radius 2 is 1.78 bits per heavy atom. The van der Waals surface area contributed by atoms with Crippen LogP contribution >= 0.6 is 0 Å². The van der Waals surface area contributed by atoms with Crippen molar-refractivity contribution in [3.63, 3.8) is 0 Å². The number of fused-ring (bicyclic) bond motifs is 7. The van der Waals surface area contributed by atoms with Crippen molar-refractivity contribution in [1.82, 2.24) is 0 Å². The molecule has 4 nitrogen and oxygen atoms in total. The average molecular weight is 449 g/mol.